The van der Waals surface area contributed by atoms with Crippen LogP contribution in [0.1, 0.15) is 50.8 Å². The molecule has 9 nitrogen and oxygen atoms in total. The van der Waals surface area contributed by atoms with Gasteiger partial charge in [-0.3, -0.25) is 14.0 Å². The number of aromatic amines is 1. The Kier molecular flexibility index (Phi) is 4.12. The van der Waals surface area contributed by atoms with Crippen molar-refractivity contribution in [2.45, 2.75) is 51.0 Å². The van der Waals surface area contributed by atoms with Crippen LogP contribution in [0.15, 0.2) is 28.0 Å². The molecule has 2 aliphatic carbocycles. The first-order valence-corrected chi connectivity index (χ1v) is 11.1. The molecule has 0 saturated heterocycles. The summed E-state index contributed by atoms with van der Waals surface area (Å²) in [7, 11) is 0. The Hall–Kier alpha value is -3.23. The van der Waals surface area contributed by atoms with Gasteiger partial charge in [-0.05, 0) is 43.6 Å². The zero-order valence-corrected chi connectivity index (χ0v) is 17.4. The second-order valence-electron chi connectivity index (χ2n) is 9.04. The molecule has 0 bridgehead atoms. The van der Waals surface area contributed by atoms with Gasteiger partial charge in [0.25, 0.3) is 10.9 Å². The van der Waals surface area contributed by atoms with Gasteiger partial charge in [-0.15, -0.1) is 10.2 Å². The van der Waals surface area contributed by atoms with E-state index in [-0.39, 0.29) is 12.0 Å². The number of hydrogen-bond acceptors (Lipinski definition) is 7. The number of hydrogen-bond donors (Lipinski definition) is 3. The topological polar surface area (TPSA) is 117 Å². The van der Waals surface area contributed by atoms with E-state index in [1.165, 1.54) is 12.8 Å². The largest absolute Gasteiger partial charge is 0.380 e. The maximum Gasteiger partial charge on any atom is 0.253 e. The van der Waals surface area contributed by atoms with Crippen molar-refractivity contribution in [1.29, 1.82) is 0 Å². The zero-order chi connectivity index (χ0) is 21.1. The lowest BCUT2D eigenvalue weighted by Gasteiger charge is -2.19. The lowest BCUT2D eigenvalue weighted by Crippen LogP contribution is -2.39. The molecule has 160 valence electrons. The Labute approximate surface area is 178 Å². The normalized spacial score (nSPS) is 23.8. The van der Waals surface area contributed by atoms with Crippen LogP contribution in [0.3, 0.4) is 0 Å². The monoisotopic (exact) mass is 419 g/mol. The van der Waals surface area contributed by atoms with E-state index in [1.54, 1.807) is 6.20 Å². The van der Waals surface area contributed by atoms with Crippen LogP contribution >= 0.6 is 0 Å². The highest BCUT2D eigenvalue weighted by molar-refractivity contribution is 5.75. The Bertz CT molecular complexity index is 1340. The highest BCUT2D eigenvalue weighted by Gasteiger charge is 2.38. The fourth-order valence-electron chi connectivity index (χ4n) is 5.12. The summed E-state index contributed by atoms with van der Waals surface area (Å²) in [6, 6.07) is 2.12. The molecular weight excluding hydrogens is 394 g/mol. The maximum atomic E-state index is 12.2. The maximum absolute atomic E-state index is 12.2. The number of nitrogens with one attached hydrogen (secondary N) is 3. The van der Waals surface area contributed by atoms with E-state index >= 15 is 0 Å². The van der Waals surface area contributed by atoms with Crippen molar-refractivity contribution >= 4 is 28.2 Å². The Morgan fingerprint density at radius 3 is 2.81 bits per heavy atom. The van der Waals surface area contributed by atoms with E-state index in [0.717, 1.165) is 48.4 Å². The predicted octanol–water partition coefficient (Wildman–Crippen LogP) is 2.41. The Morgan fingerprint density at radius 1 is 1.16 bits per heavy atom. The number of anilines is 2. The number of fused-ring (bicyclic) bond motifs is 3. The summed E-state index contributed by atoms with van der Waals surface area (Å²) in [5, 5.41) is 15.5. The SMILES string of the molecule is CC[C@@H]1C[C@H](Nc2c(NCC3CC3)c(=O)c2=O)CC1c1nnc2cnc3[nH]ccc3n12. The standard InChI is InChI=1S/C22H25N7O2/c1-2-12-7-13(26-18-17(19(30)20(18)31)24-9-11-3-4-11)8-14(12)22-28-27-16-10-25-21-15(29(16)22)5-6-23-21/h5-6,10-14,23-24,26H,2-4,7-9H2,1H3/t12-,13+,14?/m1/s1. The van der Waals surface area contributed by atoms with Crippen LogP contribution < -0.4 is 21.5 Å². The molecule has 1 aromatic carbocycles. The summed E-state index contributed by atoms with van der Waals surface area (Å²) < 4.78 is 2.09. The molecule has 2 aliphatic rings. The van der Waals surface area contributed by atoms with Gasteiger partial charge in [-0.2, -0.15) is 0 Å². The fourth-order valence-corrected chi connectivity index (χ4v) is 5.12. The minimum Gasteiger partial charge on any atom is -0.380 e. The predicted molar refractivity (Wildman–Crippen MR) is 118 cm³/mol. The molecule has 0 spiro atoms. The molecule has 2 fully saturated rings. The summed E-state index contributed by atoms with van der Waals surface area (Å²) >= 11 is 0. The number of nitrogens with zero attached hydrogens (tertiary/aromatic N) is 4. The molecule has 3 heterocycles. The highest BCUT2D eigenvalue weighted by Crippen LogP contribution is 2.42. The van der Waals surface area contributed by atoms with Crippen molar-refractivity contribution < 1.29 is 0 Å². The summed E-state index contributed by atoms with van der Waals surface area (Å²) in [5.41, 5.74) is 2.67. The van der Waals surface area contributed by atoms with Gasteiger partial charge in [-0.1, -0.05) is 13.3 Å². The van der Waals surface area contributed by atoms with Crippen LogP contribution in [-0.4, -0.2) is 37.2 Å². The third kappa shape index (κ3) is 2.94. The number of H-pyrrole nitrogens is 1. The van der Waals surface area contributed by atoms with Crippen molar-refractivity contribution in [3.05, 3.63) is 44.7 Å². The lowest BCUT2D eigenvalue weighted by atomic mass is 9.93. The summed E-state index contributed by atoms with van der Waals surface area (Å²) in [6.45, 7) is 2.97. The molecule has 3 N–H and O–H groups in total. The Morgan fingerprint density at radius 2 is 2.00 bits per heavy atom. The van der Waals surface area contributed by atoms with Gasteiger partial charge in [-0.25, -0.2) is 4.98 Å². The van der Waals surface area contributed by atoms with Gasteiger partial charge in [0, 0.05) is 24.7 Å². The molecule has 3 atom stereocenters. The van der Waals surface area contributed by atoms with Crippen LogP contribution in [0.4, 0.5) is 11.4 Å². The third-order valence-electron chi connectivity index (χ3n) is 7.04. The van der Waals surface area contributed by atoms with E-state index in [1.807, 2.05) is 12.3 Å². The van der Waals surface area contributed by atoms with Crippen LogP contribution in [0.2, 0.25) is 0 Å². The van der Waals surface area contributed by atoms with Crippen LogP contribution in [0.5, 0.6) is 0 Å². The van der Waals surface area contributed by atoms with Gasteiger partial charge >= 0.3 is 0 Å². The quantitative estimate of drug-likeness (QED) is 0.394. The average Bonchev–Trinajstić information content (AvgIpc) is 3.17. The molecule has 0 radical (unpaired) electrons. The second kappa shape index (κ2) is 6.90. The summed E-state index contributed by atoms with van der Waals surface area (Å²) in [4.78, 5) is 31.8. The Balaban J connectivity index is 1.28. The number of aromatic nitrogens is 5. The summed E-state index contributed by atoms with van der Waals surface area (Å²) in [5.74, 6) is 2.21. The molecule has 2 saturated carbocycles. The van der Waals surface area contributed by atoms with Crippen LogP contribution in [0, 0.1) is 11.8 Å². The first-order valence-electron chi connectivity index (χ1n) is 11.1. The third-order valence-corrected chi connectivity index (χ3v) is 7.04. The molecular formula is C22H25N7O2. The van der Waals surface area contributed by atoms with E-state index in [9.17, 15) is 9.59 Å². The molecule has 6 rings (SSSR count). The van der Waals surface area contributed by atoms with Crippen LogP contribution in [0.25, 0.3) is 16.8 Å². The van der Waals surface area contributed by atoms with Gasteiger partial charge in [0.1, 0.15) is 17.2 Å². The minimum atomic E-state index is -0.400. The molecule has 0 aliphatic heterocycles. The molecule has 1 unspecified atom stereocenters. The van der Waals surface area contributed by atoms with Crippen molar-refractivity contribution in [1.82, 2.24) is 24.6 Å². The molecule has 4 aromatic rings. The van der Waals surface area contributed by atoms with Crippen molar-refractivity contribution in [3.63, 3.8) is 0 Å². The smallest absolute Gasteiger partial charge is 0.253 e. The molecule has 0 amide bonds. The molecule has 9 heteroatoms. The van der Waals surface area contributed by atoms with Crippen molar-refractivity contribution in [3.8, 4) is 0 Å². The fraction of sp³-hybridized carbons (Fsp3) is 0.500. The van der Waals surface area contributed by atoms with Gasteiger partial charge < -0.3 is 15.6 Å². The van der Waals surface area contributed by atoms with Gasteiger partial charge in [0.15, 0.2) is 11.3 Å². The molecule has 31 heavy (non-hydrogen) atoms. The minimum absolute atomic E-state index is 0.121. The van der Waals surface area contributed by atoms with Crippen LogP contribution in [-0.2, 0) is 0 Å². The lowest BCUT2D eigenvalue weighted by molar-refractivity contribution is 0.451. The first-order chi connectivity index (χ1) is 15.1. The van der Waals surface area contributed by atoms with Crippen molar-refractivity contribution in [2.75, 3.05) is 17.2 Å². The number of rotatable bonds is 7. The summed E-state index contributed by atoms with van der Waals surface area (Å²) in [6.07, 6.45) is 8.79. The first kappa shape index (κ1) is 18.5. The highest BCUT2D eigenvalue weighted by atomic mass is 16.2. The van der Waals surface area contributed by atoms with E-state index in [2.05, 4.69) is 42.1 Å². The second-order valence-corrected chi connectivity index (χ2v) is 9.04. The van der Waals surface area contributed by atoms with E-state index < -0.39 is 10.9 Å². The van der Waals surface area contributed by atoms with Gasteiger partial charge in [0.2, 0.25) is 0 Å². The van der Waals surface area contributed by atoms with Crippen molar-refractivity contribution in [2.24, 2.45) is 11.8 Å². The van der Waals surface area contributed by atoms with E-state index in [0.29, 0.717) is 23.2 Å². The average molecular weight is 419 g/mol. The van der Waals surface area contributed by atoms with E-state index in [4.69, 9.17) is 0 Å². The molecule has 3 aromatic heterocycles. The van der Waals surface area contributed by atoms with Gasteiger partial charge in [0.05, 0.1) is 11.7 Å². The zero-order valence-electron chi connectivity index (χ0n) is 17.4.